The summed E-state index contributed by atoms with van der Waals surface area (Å²) in [5.74, 6) is 0.144. The molecule has 0 saturated carbocycles. The monoisotopic (exact) mass is 291 g/mol. The third kappa shape index (κ3) is 2.65. The molecule has 3 rings (SSSR count). The molecule has 1 N–H and O–H groups in total. The van der Waals surface area contributed by atoms with Crippen LogP contribution >= 0.6 is 0 Å². The van der Waals surface area contributed by atoms with Crippen LogP contribution in [0.25, 0.3) is 10.9 Å². The zero-order valence-electron chi connectivity index (χ0n) is 11.9. The maximum absolute atomic E-state index is 12.4. The number of rotatable bonds is 3. The molecule has 22 heavy (non-hydrogen) atoms. The number of nitriles is 1. The molecule has 1 amide bonds. The van der Waals surface area contributed by atoms with Crippen molar-refractivity contribution in [3.05, 3.63) is 53.9 Å². The van der Waals surface area contributed by atoms with Gasteiger partial charge in [-0.15, -0.1) is 0 Å². The van der Waals surface area contributed by atoms with Crippen LogP contribution in [0.5, 0.6) is 0 Å². The smallest absolute Gasteiger partial charge is 0.258 e. The van der Waals surface area contributed by atoms with Gasteiger partial charge in [0.05, 0.1) is 22.8 Å². The molecule has 0 bridgehead atoms. The molecule has 0 aliphatic heterocycles. The maximum Gasteiger partial charge on any atom is 0.258 e. The van der Waals surface area contributed by atoms with Crippen molar-refractivity contribution in [2.24, 2.45) is 0 Å². The molecule has 2 heterocycles. The average Bonchev–Trinajstić information content (AvgIpc) is 2.94. The third-order valence-electron chi connectivity index (χ3n) is 3.27. The van der Waals surface area contributed by atoms with E-state index in [1.165, 1.54) is 4.68 Å². The molecule has 0 saturated heterocycles. The first-order valence-electron chi connectivity index (χ1n) is 6.75. The average molecular weight is 291 g/mol. The molecule has 2 aromatic heterocycles. The molecule has 0 spiro atoms. The number of carbonyl (C=O) groups excluding carboxylic acids is 1. The molecule has 0 unspecified atom stereocenters. The molecular formula is C16H13N5O. The van der Waals surface area contributed by atoms with Gasteiger partial charge in [-0.05, 0) is 19.1 Å². The van der Waals surface area contributed by atoms with Gasteiger partial charge in [0.1, 0.15) is 6.54 Å². The maximum atomic E-state index is 12.4. The number of amides is 1. The van der Waals surface area contributed by atoms with Gasteiger partial charge >= 0.3 is 0 Å². The number of hydrogen-bond acceptors (Lipinski definition) is 4. The Balaban J connectivity index is 1.88. The number of para-hydroxylation sites is 1. The van der Waals surface area contributed by atoms with Crippen LogP contribution in [0.1, 0.15) is 16.1 Å². The summed E-state index contributed by atoms with van der Waals surface area (Å²) in [4.78, 5) is 16.8. The fourth-order valence-electron chi connectivity index (χ4n) is 2.21. The second-order valence-corrected chi connectivity index (χ2v) is 4.82. The largest absolute Gasteiger partial charge is 0.305 e. The number of benzene rings is 1. The summed E-state index contributed by atoms with van der Waals surface area (Å²) in [7, 11) is 0. The number of nitrogens with zero attached hydrogens (tertiary/aromatic N) is 4. The fourth-order valence-corrected chi connectivity index (χ4v) is 2.21. The number of aryl methyl sites for hydroxylation is 1. The van der Waals surface area contributed by atoms with Crippen LogP contribution in [0, 0.1) is 18.3 Å². The Morgan fingerprint density at radius 2 is 2.18 bits per heavy atom. The van der Waals surface area contributed by atoms with Crippen LogP contribution in [0.3, 0.4) is 0 Å². The minimum absolute atomic E-state index is 0.145. The first kappa shape index (κ1) is 13.8. The van der Waals surface area contributed by atoms with E-state index >= 15 is 0 Å². The molecule has 1 aromatic carbocycles. The Morgan fingerprint density at radius 3 is 3.00 bits per heavy atom. The second kappa shape index (κ2) is 5.66. The first-order valence-corrected chi connectivity index (χ1v) is 6.75. The Labute approximate surface area is 127 Å². The standard InChI is InChI=1S/C16H13N5O/c1-11-13(10-12-4-2-3-5-14(12)18-11)16(22)19-15-6-8-21(20-15)9-7-17/h2-6,8,10H,9H2,1H3,(H,19,20,22). The zero-order valence-corrected chi connectivity index (χ0v) is 11.9. The summed E-state index contributed by atoms with van der Waals surface area (Å²) < 4.78 is 1.46. The van der Waals surface area contributed by atoms with Crippen molar-refractivity contribution in [1.82, 2.24) is 14.8 Å². The number of anilines is 1. The summed E-state index contributed by atoms with van der Waals surface area (Å²) in [5, 5.41) is 16.4. The highest BCUT2D eigenvalue weighted by Gasteiger charge is 2.13. The molecular weight excluding hydrogens is 278 g/mol. The summed E-state index contributed by atoms with van der Waals surface area (Å²) >= 11 is 0. The van der Waals surface area contributed by atoms with E-state index in [9.17, 15) is 4.79 Å². The summed E-state index contributed by atoms with van der Waals surface area (Å²) in [6.45, 7) is 1.95. The van der Waals surface area contributed by atoms with E-state index in [0.29, 0.717) is 17.1 Å². The first-order chi connectivity index (χ1) is 10.7. The van der Waals surface area contributed by atoms with Gasteiger partial charge in [0.25, 0.3) is 5.91 Å². The zero-order chi connectivity index (χ0) is 15.5. The molecule has 0 aliphatic carbocycles. The van der Waals surface area contributed by atoms with Gasteiger partial charge in [-0.25, -0.2) is 0 Å². The molecule has 0 aliphatic rings. The van der Waals surface area contributed by atoms with Crippen molar-refractivity contribution in [1.29, 1.82) is 5.26 Å². The Bertz CT molecular complexity index is 891. The highest BCUT2D eigenvalue weighted by atomic mass is 16.1. The van der Waals surface area contributed by atoms with Crippen molar-refractivity contribution >= 4 is 22.6 Å². The van der Waals surface area contributed by atoms with E-state index in [4.69, 9.17) is 5.26 Å². The predicted octanol–water partition coefficient (Wildman–Crippen LogP) is 2.52. The van der Waals surface area contributed by atoms with Crippen molar-refractivity contribution in [3.63, 3.8) is 0 Å². The summed E-state index contributed by atoms with van der Waals surface area (Å²) in [5.41, 5.74) is 2.02. The van der Waals surface area contributed by atoms with Crippen molar-refractivity contribution < 1.29 is 4.79 Å². The van der Waals surface area contributed by atoms with E-state index in [-0.39, 0.29) is 12.5 Å². The minimum Gasteiger partial charge on any atom is -0.305 e. The van der Waals surface area contributed by atoms with E-state index in [1.807, 2.05) is 36.4 Å². The lowest BCUT2D eigenvalue weighted by molar-refractivity contribution is 0.102. The lowest BCUT2D eigenvalue weighted by Crippen LogP contribution is -2.15. The van der Waals surface area contributed by atoms with Crippen molar-refractivity contribution in [2.45, 2.75) is 13.5 Å². The van der Waals surface area contributed by atoms with Gasteiger partial charge in [0.2, 0.25) is 0 Å². The van der Waals surface area contributed by atoms with E-state index < -0.39 is 0 Å². The van der Waals surface area contributed by atoms with Crippen LogP contribution in [-0.4, -0.2) is 20.7 Å². The van der Waals surface area contributed by atoms with Crippen LogP contribution in [0.15, 0.2) is 42.6 Å². The number of fused-ring (bicyclic) bond motifs is 1. The fraction of sp³-hybridized carbons (Fsp3) is 0.125. The predicted molar refractivity (Wildman–Crippen MR) is 82.3 cm³/mol. The number of hydrogen-bond donors (Lipinski definition) is 1. The molecule has 6 heteroatoms. The van der Waals surface area contributed by atoms with Gasteiger partial charge in [0.15, 0.2) is 5.82 Å². The number of carbonyl (C=O) groups is 1. The van der Waals surface area contributed by atoms with Gasteiger partial charge in [-0.3, -0.25) is 14.5 Å². The van der Waals surface area contributed by atoms with Gasteiger partial charge in [0, 0.05) is 17.6 Å². The van der Waals surface area contributed by atoms with Crippen LogP contribution in [0.2, 0.25) is 0 Å². The highest BCUT2D eigenvalue weighted by molar-refractivity contribution is 6.06. The van der Waals surface area contributed by atoms with Gasteiger partial charge < -0.3 is 5.32 Å². The number of pyridine rings is 1. The summed E-state index contributed by atoms with van der Waals surface area (Å²) in [6.07, 6.45) is 1.64. The Morgan fingerprint density at radius 1 is 1.36 bits per heavy atom. The summed E-state index contributed by atoms with van der Waals surface area (Å²) in [6, 6.07) is 13.1. The van der Waals surface area contributed by atoms with Crippen LogP contribution < -0.4 is 5.32 Å². The highest BCUT2D eigenvalue weighted by Crippen LogP contribution is 2.17. The van der Waals surface area contributed by atoms with E-state index in [2.05, 4.69) is 15.4 Å². The van der Waals surface area contributed by atoms with E-state index in [0.717, 1.165) is 10.9 Å². The molecule has 3 aromatic rings. The molecule has 0 radical (unpaired) electrons. The normalized spacial score (nSPS) is 10.4. The van der Waals surface area contributed by atoms with Crippen molar-refractivity contribution in [2.75, 3.05) is 5.32 Å². The van der Waals surface area contributed by atoms with Gasteiger partial charge in [-0.1, -0.05) is 18.2 Å². The van der Waals surface area contributed by atoms with Gasteiger partial charge in [-0.2, -0.15) is 10.4 Å². The second-order valence-electron chi connectivity index (χ2n) is 4.82. The minimum atomic E-state index is -0.266. The lowest BCUT2D eigenvalue weighted by Gasteiger charge is -2.07. The van der Waals surface area contributed by atoms with Crippen molar-refractivity contribution in [3.8, 4) is 6.07 Å². The Hall–Kier alpha value is -3.20. The van der Waals surface area contributed by atoms with Crippen LogP contribution in [0.4, 0.5) is 5.82 Å². The lowest BCUT2D eigenvalue weighted by atomic mass is 10.1. The molecule has 0 atom stereocenters. The quantitative estimate of drug-likeness (QED) is 0.803. The topological polar surface area (TPSA) is 83.6 Å². The molecule has 108 valence electrons. The molecule has 0 fully saturated rings. The van der Waals surface area contributed by atoms with Crippen LogP contribution in [-0.2, 0) is 6.54 Å². The van der Waals surface area contributed by atoms with E-state index in [1.54, 1.807) is 19.2 Å². The number of aromatic nitrogens is 3. The Kier molecular flexibility index (Phi) is 3.54. The third-order valence-corrected chi connectivity index (χ3v) is 3.27. The SMILES string of the molecule is Cc1nc2ccccc2cc1C(=O)Nc1ccn(CC#N)n1. The number of nitrogens with one attached hydrogen (secondary N) is 1. The molecule has 6 nitrogen and oxygen atoms in total.